The van der Waals surface area contributed by atoms with Gasteiger partial charge in [-0.25, -0.2) is 19.3 Å². The Bertz CT molecular complexity index is 915. The summed E-state index contributed by atoms with van der Waals surface area (Å²) in [4.78, 5) is 24.4. The predicted octanol–water partition coefficient (Wildman–Crippen LogP) is 3.82. The largest absolute Gasteiger partial charge is 0.305 e. The summed E-state index contributed by atoms with van der Waals surface area (Å²) in [6, 6.07) is 9.67. The summed E-state index contributed by atoms with van der Waals surface area (Å²) in [6.07, 6.45) is 3.74. The Balaban J connectivity index is 1.67. The van der Waals surface area contributed by atoms with E-state index in [1.54, 1.807) is 31.3 Å². The van der Waals surface area contributed by atoms with Gasteiger partial charge in [0.25, 0.3) is 5.91 Å². The van der Waals surface area contributed by atoms with Gasteiger partial charge in [-0.15, -0.1) is 0 Å². The molecule has 126 valence electrons. The number of aryl methyl sites for hydroxylation is 1. The van der Waals surface area contributed by atoms with Crippen LogP contribution in [0.4, 0.5) is 10.2 Å². The first kappa shape index (κ1) is 17.0. The van der Waals surface area contributed by atoms with Gasteiger partial charge >= 0.3 is 0 Å². The molecule has 25 heavy (non-hydrogen) atoms. The summed E-state index contributed by atoms with van der Waals surface area (Å²) in [5, 5.41) is 2.77. The van der Waals surface area contributed by atoms with Crippen molar-refractivity contribution >= 4 is 23.3 Å². The minimum absolute atomic E-state index is 0.0921. The van der Waals surface area contributed by atoms with Gasteiger partial charge in [-0.2, -0.15) is 0 Å². The number of anilines is 1. The van der Waals surface area contributed by atoms with Crippen molar-refractivity contribution in [1.82, 2.24) is 15.0 Å². The summed E-state index contributed by atoms with van der Waals surface area (Å²) in [7, 11) is 0. The Morgan fingerprint density at radius 3 is 2.64 bits per heavy atom. The van der Waals surface area contributed by atoms with E-state index in [0.717, 1.165) is 11.1 Å². The quantitative estimate of drug-likeness (QED) is 0.771. The fourth-order valence-corrected chi connectivity index (χ4v) is 2.45. The minimum atomic E-state index is -0.443. The molecular formula is C18H14ClFN4O. The zero-order chi connectivity index (χ0) is 17.8. The van der Waals surface area contributed by atoms with E-state index >= 15 is 0 Å². The van der Waals surface area contributed by atoms with Crippen LogP contribution >= 0.6 is 11.6 Å². The molecule has 3 aromatic rings. The fourth-order valence-electron chi connectivity index (χ4n) is 2.25. The Kier molecular flexibility index (Phi) is 5.00. The first-order valence-electron chi connectivity index (χ1n) is 7.51. The van der Waals surface area contributed by atoms with Crippen LogP contribution in [-0.2, 0) is 6.42 Å². The van der Waals surface area contributed by atoms with Crippen LogP contribution in [0.5, 0.6) is 0 Å². The van der Waals surface area contributed by atoms with Gasteiger partial charge in [0, 0.05) is 12.4 Å². The topological polar surface area (TPSA) is 67.8 Å². The molecule has 1 aromatic carbocycles. The Morgan fingerprint density at radius 2 is 1.96 bits per heavy atom. The molecule has 5 nitrogen and oxygen atoms in total. The number of hydrogen-bond donors (Lipinski definition) is 1. The molecule has 0 spiro atoms. The van der Waals surface area contributed by atoms with Crippen LogP contribution in [0.15, 0.2) is 48.8 Å². The number of halogens is 2. The van der Waals surface area contributed by atoms with E-state index in [4.69, 9.17) is 11.6 Å². The average molecular weight is 357 g/mol. The molecule has 7 heteroatoms. The Morgan fingerprint density at radius 1 is 1.16 bits per heavy atom. The number of carbonyl (C=O) groups excluding carboxylic acids is 1. The van der Waals surface area contributed by atoms with Gasteiger partial charge in [-0.05, 0) is 48.7 Å². The molecule has 0 bridgehead atoms. The lowest BCUT2D eigenvalue weighted by molar-refractivity contribution is 0.102. The number of hydrogen-bond acceptors (Lipinski definition) is 4. The van der Waals surface area contributed by atoms with Gasteiger partial charge in [-0.1, -0.05) is 23.7 Å². The van der Waals surface area contributed by atoms with Crippen LogP contribution in [0.3, 0.4) is 0 Å². The smallest absolute Gasteiger partial charge is 0.275 e. The van der Waals surface area contributed by atoms with Crippen molar-refractivity contribution in [2.45, 2.75) is 13.3 Å². The highest BCUT2D eigenvalue weighted by atomic mass is 35.5. The number of nitrogens with one attached hydrogen (secondary N) is 1. The molecular weight excluding hydrogens is 343 g/mol. The van der Waals surface area contributed by atoms with Crippen molar-refractivity contribution in [3.8, 4) is 0 Å². The number of benzene rings is 1. The summed E-state index contributed by atoms with van der Waals surface area (Å²) in [5.74, 6) is 0.147. The molecule has 1 amide bonds. The van der Waals surface area contributed by atoms with Gasteiger partial charge in [0.05, 0.1) is 5.02 Å². The number of aromatic nitrogens is 3. The molecule has 0 aliphatic carbocycles. The maximum Gasteiger partial charge on any atom is 0.275 e. The molecule has 1 N–H and O–H groups in total. The summed E-state index contributed by atoms with van der Waals surface area (Å²) in [5.41, 5.74) is 2.07. The fraction of sp³-hybridized carbons (Fsp3) is 0.111. The highest BCUT2D eigenvalue weighted by Gasteiger charge is 2.09. The third kappa shape index (κ3) is 4.36. The third-order valence-corrected chi connectivity index (χ3v) is 3.76. The SMILES string of the molecule is Cc1nccc(C(=O)Nc2ccc(Cc3ccc(F)c(Cl)c3)cn2)n1. The van der Waals surface area contributed by atoms with Gasteiger partial charge in [-0.3, -0.25) is 4.79 Å². The zero-order valence-electron chi connectivity index (χ0n) is 13.3. The molecule has 3 rings (SSSR count). The van der Waals surface area contributed by atoms with Crippen LogP contribution < -0.4 is 5.32 Å². The lowest BCUT2D eigenvalue weighted by atomic mass is 10.1. The van der Waals surface area contributed by atoms with Crippen molar-refractivity contribution in [3.63, 3.8) is 0 Å². The van der Waals surface area contributed by atoms with Crippen molar-refractivity contribution in [3.05, 3.63) is 82.3 Å². The molecule has 0 fully saturated rings. The highest BCUT2D eigenvalue weighted by molar-refractivity contribution is 6.30. The maximum absolute atomic E-state index is 13.2. The minimum Gasteiger partial charge on any atom is -0.305 e. The highest BCUT2D eigenvalue weighted by Crippen LogP contribution is 2.18. The van der Waals surface area contributed by atoms with E-state index in [-0.39, 0.29) is 16.6 Å². The molecule has 2 heterocycles. The summed E-state index contributed by atoms with van der Waals surface area (Å²) in [6.45, 7) is 1.71. The Labute approximate surface area is 148 Å². The second-order valence-corrected chi connectivity index (χ2v) is 5.83. The van der Waals surface area contributed by atoms with Crippen LogP contribution in [0.2, 0.25) is 5.02 Å². The monoisotopic (exact) mass is 356 g/mol. The lowest BCUT2D eigenvalue weighted by Gasteiger charge is -2.06. The molecule has 0 aliphatic rings. The summed E-state index contributed by atoms with van der Waals surface area (Å²) >= 11 is 5.78. The molecule has 0 atom stereocenters. The molecule has 0 saturated carbocycles. The van der Waals surface area contributed by atoms with E-state index in [0.29, 0.717) is 18.1 Å². The number of rotatable bonds is 4. The van der Waals surface area contributed by atoms with Crippen LogP contribution in [0.1, 0.15) is 27.4 Å². The second-order valence-electron chi connectivity index (χ2n) is 5.42. The van der Waals surface area contributed by atoms with Crippen molar-refractivity contribution in [2.24, 2.45) is 0 Å². The molecule has 0 aliphatic heterocycles. The normalized spacial score (nSPS) is 10.5. The maximum atomic E-state index is 13.2. The van der Waals surface area contributed by atoms with E-state index in [1.165, 1.54) is 18.3 Å². The van der Waals surface area contributed by atoms with Crippen molar-refractivity contribution < 1.29 is 9.18 Å². The van der Waals surface area contributed by atoms with Gasteiger partial charge in [0.15, 0.2) is 0 Å². The first-order valence-corrected chi connectivity index (χ1v) is 7.89. The number of pyridine rings is 1. The number of amides is 1. The first-order chi connectivity index (χ1) is 12.0. The lowest BCUT2D eigenvalue weighted by Crippen LogP contribution is -2.15. The van der Waals surface area contributed by atoms with E-state index in [1.807, 2.05) is 6.07 Å². The van der Waals surface area contributed by atoms with E-state index in [2.05, 4.69) is 20.3 Å². The van der Waals surface area contributed by atoms with Gasteiger partial charge < -0.3 is 5.32 Å². The molecule has 2 aromatic heterocycles. The average Bonchev–Trinajstić information content (AvgIpc) is 2.60. The van der Waals surface area contributed by atoms with Gasteiger partial charge in [0.2, 0.25) is 0 Å². The van der Waals surface area contributed by atoms with Crippen LogP contribution in [0.25, 0.3) is 0 Å². The number of carbonyl (C=O) groups is 1. The summed E-state index contributed by atoms with van der Waals surface area (Å²) < 4.78 is 13.2. The van der Waals surface area contributed by atoms with Crippen molar-refractivity contribution in [2.75, 3.05) is 5.32 Å². The third-order valence-electron chi connectivity index (χ3n) is 3.47. The van der Waals surface area contributed by atoms with Gasteiger partial charge in [0.1, 0.15) is 23.2 Å². The van der Waals surface area contributed by atoms with E-state index in [9.17, 15) is 9.18 Å². The zero-order valence-corrected chi connectivity index (χ0v) is 14.1. The standard InChI is InChI=1S/C18H14ClFN4O/c1-11-21-7-6-16(23-11)18(25)24-17-5-3-13(10-22-17)8-12-2-4-15(20)14(19)9-12/h2-7,9-10H,8H2,1H3,(H,22,24,25). The molecule has 0 saturated heterocycles. The second kappa shape index (κ2) is 7.36. The van der Waals surface area contributed by atoms with E-state index < -0.39 is 5.82 Å². The van der Waals surface area contributed by atoms with Crippen LogP contribution in [-0.4, -0.2) is 20.9 Å². The number of nitrogens with zero attached hydrogens (tertiary/aromatic N) is 3. The molecule has 0 radical (unpaired) electrons. The van der Waals surface area contributed by atoms with Crippen LogP contribution in [0, 0.1) is 12.7 Å². The predicted molar refractivity (Wildman–Crippen MR) is 93.2 cm³/mol. The Hall–Kier alpha value is -2.86. The van der Waals surface area contributed by atoms with Crippen molar-refractivity contribution in [1.29, 1.82) is 0 Å². The molecule has 0 unspecified atom stereocenters.